The Balaban J connectivity index is 1.45. The van der Waals surface area contributed by atoms with E-state index in [0.717, 1.165) is 6.07 Å². The van der Waals surface area contributed by atoms with E-state index in [1.807, 2.05) is 4.90 Å². The second kappa shape index (κ2) is 8.81. The molecule has 174 valence electrons. The van der Waals surface area contributed by atoms with Gasteiger partial charge in [-0.25, -0.2) is 0 Å². The molecule has 2 amide bonds. The van der Waals surface area contributed by atoms with Gasteiger partial charge >= 0.3 is 6.18 Å². The van der Waals surface area contributed by atoms with Gasteiger partial charge in [0.2, 0.25) is 5.91 Å². The summed E-state index contributed by atoms with van der Waals surface area (Å²) in [5.74, 6) is -1.13. The van der Waals surface area contributed by atoms with E-state index < -0.39 is 29.1 Å². The van der Waals surface area contributed by atoms with Crippen molar-refractivity contribution < 1.29 is 27.2 Å². The van der Waals surface area contributed by atoms with Crippen molar-refractivity contribution >= 4 is 17.5 Å². The highest BCUT2D eigenvalue weighted by atomic mass is 19.4. The van der Waals surface area contributed by atoms with Crippen LogP contribution in [0.4, 0.5) is 18.9 Å². The highest BCUT2D eigenvalue weighted by Crippen LogP contribution is 2.39. The van der Waals surface area contributed by atoms with Gasteiger partial charge in [0.05, 0.1) is 34.9 Å². The minimum atomic E-state index is -4.61. The van der Waals surface area contributed by atoms with Crippen molar-refractivity contribution in [3.05, 3.63) is 53.5 Å². The summed E-state index contributed by atoms with van der Waals surface area (Å²) in [4.78, 5) is 28.3. The third-order valence-electron chi connectivity index (χ3n) is 6.73. The van der Waals surface area contributed by atoms with E-state index >= 15 is 0 Å². The molecule has 33 heavy (non-hydrogen) atoms. The molecule has 0 unspecified atom stereocenters. The maximum absolute atomic E-state index is 13.3. The highest BCUT2D eigenvalue weighted by molar-refractivity contribution is 5.94. The maximum atomic E-state index is 13.3. The third kappa shape index (κ3) is 4.53. The number of nitrogens with two attached hydrogens (primary N) is 1. The molecule has 10 heteroatoms. The number of carbonyl (C=O) groups is 2. The van der Waals surface area contributed by atoms with Crippen LogP contribution < -0.4 is 10.6 Å². The summed E-state index contributed by atoms with van der Waals surface area (Å²) in [5.41, 5.74) is 5.12. The first kappa shape index (κ1) is 22.7. The number of halogens is 3. The summed E-state index contributed by atoms with van der Waals surface area (Å²) < 4.78 is 44.9. The first-order chi connectivity index (χ1) is 15.7. The molecule has 0 radical (unpaired) electrons. The van der Waals surface area contributed by atoms with Crippen LogP contribution in [0.2, 0.25) is 0 Å². The molecule has 0 saturated carbocycles. The lowest BCUT2D eigenvalue weighted by atomic mass is 9.78. The van der Waals surface area contributed by atoms with E-state index in [1.54, 1.807) is 17.0 Å². The van der Waals surface area contributed by atoms with E-state index in [0.29, 0.717) is 43.7 Å². The second-order valence-electron chi connectivity index (χ2n) is 8.56. The number of hydrogen-bond donors (Lipinski definition) is 1. The molecule has 2 aromatic rings. The van der Waals surface area contributed by atoms with Gasteiger partial charge in [-0.05, 0) is 48.9 Å². The lowest BCUT2D eigenvalue weighted by molar-refractivity contribution is -0.137. The Morgan fingerprint density at radius 3 is 2.45 bits per heavy atom. The van der Waals surface area contributed by atoms with Crippen LogP contribution in [0.3, 0.4) is 0 Å². The van der Waals surface area contributed by atoms with Gasteiger partial charge in [0.1, 0.15) is 6.26 Å². The minimum Gasteiger partial charge on any atom is -0.472 e. The van der Waals surface area contributed by atoms with Crippen LogP contribution in [0.1, 0.15) is 34.3 Å². The highest BCUT2D eigenvalue weighted by Gasteiger charge is 2.43. The average molecular weight is 460 g/mol. The van der Waals surface area contributed by atoms with E-state index in [2.05, 4.69) is 0 Å². The Labute approximate surface area is 188 Å². The molecule has 1 aromatic heterocycles. The summed E-state index contributed by atoms with van der Waals surface area (Å²) in [7, 11) is 0. The lowest BCUT2D eigenvalue weighted by Crippen LogP contribution is -2.40. The number of piperidine rings is 1. The first-order valence-electron chi connectivity index (χ1n) is 10.7. The Hall–Kier alpha value is -3.48. The quantitative estimate of drug-likeness (QED) is 0.754. The number of primary amides is 1. The standard InChI is InChI=1S/C23H23F3N4O3/c24-23(25,26)20-9-17(2-1-15(20)10-27)29-6-3-14(4-7-29)18-11-30(12-19(18)21(28)31)22(32)16-5-8-33-13-16/h1-2,5,8-9,13-14,18-19H,3-4,6-7,11-12H2,(H2,28,31)/t18-,19+/m0/s1. The zero-order valence-corrected chi connectivity index (χ0v) is 17.7. The number of rotatable bonds is 4. The maximum Gasteiger partial charge on any atom is 0.417 e. The number of hydrogen-bond acceptors (Lipinski definition) is 5. The molecule has 2 fully saturated rings. The smallest absolute Gasteiger partial charge is 0.417 e. The molecule has 2 atom stereocenters. The number of anilines is 1. The third-order valence-corrected chi connectivity index (χ3v) is 6.73. The Kier molecular flexibility index (Phi) is 6.06. The van der Waals surface area contributed by atoms with Gasteiger partial charge in [0.15, 0.2) is 0 Å². The van der Waals surface area contributed by atoms with Gasteiger partial charge in [-0.15, -0.1) is 0 Å². The Morgan fingerprint density at radius 2 is 1.88 bits per heavy atom. The van der Waals surface area contributed by atoms with Crippen LogP contribution in [0.15, 0.2) is 41.2 Å². The number of furan rings is 1. The number of alkyl halides is 3. The molecule has 0 aliphatic carbocycles. The van der Waals surface area contributed by atoms with Gasteiger partial charge in [0, 0.05) is 31.9 Å². The van der Waals surface area contributed by atoms with Crippen LogP contribution >= 0.6 is 0 Å². The van der Waals surface area contributed by atoms with Crippen LogP contribution in [0, 0.1) is 29.1 Å². The van der Waals surface area contributed by atoms with Crippen LogP contribution in [-0.2, 0) is 11.0 Å². The molecule has 2 aliphatic heterocycles. The molecular weight excluding hydrogens is 437 g/mol. The minimum absolute atomic E-state index is 0.104. The fraction of sp³-hybridized carbons (Fsp3) is 0.435. The molecule has 1 aromatic carbocycles. The normalized spacial score (nSPS) is 21.8. The Bertz CT molecular complexity index is 1070. The fourth-order valence-corrected chi connectivity index (χ4v) is 4.99. The Morgan fingerprint density at radius 1 is 1.15 bits per heavy atom. The molecule has 4 rings (SSSR count). The van der Waals surface area contributed by atoms with Crippen molar-refractivity contribution in [2.45, 2.75) is 19.0 Å². The number of carbonyl (C=O) groups excluding carboxylic acids is 2. The van der Waals surface area contributed by atoms with Crippen molar-refractivity contribution in [1.82, 2.24) is 4.90 Å². The van der Waals surface area contributed by atoms with E-state index in [9.17, 15) is 22.8 Å². The van der Waals surface area contributed by atoms with Crippen molar-refractivity contribution in [2.24, 2.45) is 23.5 Å². The molecule has 2 saturated heterocycles. The van der Waals surface area contributed by atoms with Gasteiger partial charge in [0.25, 0.3) is 5.91 Å². The van der Waals surface area contributed by atoms with Crippen LogP contribution in [-0.4, -0.2) is 42.9 Å². The van der Waals surface area contributed by atoms with Crippen LogP contribution in [0.25, 0.3) is 0 Å². The topological polar surface area (TPSA) is 104 Å². The zero-order chi connectivity index (χ0) is 23.8. The van der Waals surface area contributed by atoms with Crippen molar-refractivity contribution in [3.63, 3.8) is 0 Å². The van der Waals surface area contributed by atoms with Gasteiger partial charge < -0.3 is 20.0 Å². The summed E-state index contributed by atoms with van der Waals surface area (Å²) in [6, 6.07) is 6.91. The second-order valence-corrected chi connectivity index (χ2v) is 8.56. The SMILES string of the molecule is N#Cc1ccc(N2CCC([C@@H]3CN(C(=O)c4ccoc4)C[C@H]3C(N)=O)CC2)cc1C(F)(F)F. The predicted octanol–water partition coefficient (Wildman–Crippen LogP) is 3.26. The number of benzene rings is 1. The molecule has 0 bridgehead atoms. The van der Waals surface area contributed by atoms with Gasteiger partial charge in [-0.2, -0.15) is 18.4 Å². The van der Waals surface area contributed by atoms with Crippen molar-refractivity contribution in [2.75, 3.05) is 31.1 Å². The summed E-state index contributed by atoms with van der Waals surface area (Å²) in [6.07, 6.45) is -0.522. The summed E-state index contributed by atoms with van der Waals surface area (Å²) >= 11 is 0. The molecule has 7 nitrogen and oxygen atoms in total. The van der Waals surface area contributed by atoms with Crippen LogP contribution in [0.5, 0.6) is 0 Å². The average Bonchev–Trinajstić information content (AvgIpc) is 3.48. The number of nitriles is 1. The summed E-state index contributed by atoms with van der Waals surface area (Å²) in [6.45, 7) is 1.66. The predicted molar refractivity (Wildman–Crippen MR) is 112 cm³/mol. The number of likely N-dealkylation sites (tertiary alicyclic amines) is 1. The van der Waals surface area contributed by atoms with E-state index in [1.165, 1.54) is 24.7 Å². The van der Waals surface area contributed by atoms with Gasteiger partial charge in [-0.3, -0.25) is 9.59 Å². The molecule has 3 heterocycles. The first-order valence-corrected chi connectivity index (χ1v) is 10.7. The molecule has 0 spiro atoms. The molecule has 2 N–H and O–H groups in total. The molecular formula is C23H23F3N4O3. The fourth-order valence-electron chi connectivity index (χ4n) is 4.99. The number of nitrogens with zero attached hydrogens (tertiary/aromatic N) is 3. The van der Waals surface area contributed by atoms with E-state index in [-0.39, 0.29) is 24.3 Å². The monoisotopic (exact) mass is 460 g/mol. The van der Waals surface area contributed by atoms with Crippen molar-refractivity contribution in [1.29, 1.82) is 5.26 Å². The van der Waals surface area contributed by atoms with Crippen molar-refractivity contribution in [3.8, 4) is 6.07 Å². The lowest BCUT2D eigenvalue weighted by Gasteiger charge is -2.37. The van der Waals surface area contributed by atoms with Gasteiger partial charge in [-0.1, -0.05) is 0 Å². The summed E-state index contributed by atoms with van der Waals surface area (Å²) in [5, 5.41) is 8.99. The van der Waals surface area contributed by atoms with E-state index in [4.69, 9.17) is 15.4 Å². The largest absolute Gasteiger partial charge is 0.472 e. The number of amides is 2. The molecule has 2 aliphatic rings. The zero-order valence-electron chi connectivity index (χ0n) is 17.7.